The van der Waals surface area contributed by atoms with Crippen molar-refractivity contribution in [1.82, 2.24) is 5.32 Å². The molecule has 4 nitrogen and oxygen atoms in total. The zero-order valence-electron chi connectivity index (χ0n) is 11.3. The Balaban J connectivity index is 2.10. The van der Waals surface area contributed by atoms with Gasteiger partial charge in [-0.15, -0.1) is 0 Å². The van der Waals surface area contributed by atoms with E-state index in [1.54, 1.807) is 18.2 Å². The molecule has 0 fully saturated rings. The van der Waals surface area contributed by atoms with Crippen LogP contribution in [0.4, 0.5) is 10.1 Å². The van der Waals surface area contributed by atoms with Crippen molar-refractivity contribution in [3.63, 3.8) is 0 Å². The van der Waals surface area contributed by atoms with Gasteiger partial charge in [-0.05, 0) is 36.8 Å². The summed E-state index contributed by atoms with van der Waals surface area (Å²) in [6.07, 6.45) is 0. The Morgan fingerprint density at radius 1 is 1.29 bits per heavy atom. The topological polar surface area (TPSA) is 55.2 Å². The zero-order valence-corrected chi connectivity index (χ0v) is 12.1. The minimum Gasteiger partial charge on any atom is -0.306 e. The minimum atomic E-state index is -0.435. The van der Waals surface area contributed by atoms with E-state index in [-0.39, 0.29) is 17.5 Å². The predicted molar refractivity (Wildman–Crippen MR) is 79.8 cm³/mol. The SMILES string of the molecule is CC(NCc1cc(Cl)ccc1[N+](=O)[O-])c1ccc(F)cc1. The molecule has 0 aliphatic heterocycles. The number of nitro benzene ring substituents is 1. The van der Waals surface area contributed by atoms with Crippen LogP contribution in [0.3, 0.4) is 0 Å². The molecule has 0 amide bonds. The molecule has 1 atom stereocenters. The number of halogens is 2. The molecular formula is C15H14ClFN2O2. The third kappa shape index (κ3) is 4.00. The normalized spacial score (nSPS) is 12.1. The van der Waals surface area contributed by atoms with Gasteiger partial charge in [0, 0.05) is 29.2 Å². The maximum atomic E-state index is 12.9. The van der Waals surface area contributed by atoms with E-state index in [1.807, 2.05) is 6.92 Å². The molecule has 0 bridgehead atoms. The Kier molecular flexibility index (Phi) is 4.88. The van der Waals surface area contributed by atoms with Crippen LogP contribution in [0, 0.1) is 15.9 Å². The maximum Gasteiger partial charge on any atom is 0.273 e. The minimum absolute atomic E-state index is 0.0261. The van der Waals surface area contributed by atoms with E-state index in [0.717, 1.165) is 5.56 Å². The second-order valence-corrected chi connectivity index (χ2v) is 5.12. The fraction of sp³-hybridized carbons (Fsp3) is 0.200. The highest BCUT2D eigenvalue weighted by Crippen LogP contribution is 2.23. The van der Waals surface area contributed by atoms with E-state index >= 15 is 0 Å². The molecule has 0 radical (unpaired) electrons. The van der Waals surface area contributed by atoms with Gasteiger partial charge in [0.05, 0.1) is 4.92 Å². The molecule has 0 heterocycles. The highest BCUT2D eigenvalue weighted by Gasteiger charge is 2.15. The van der Waals surface area contributed by atoms with E-state index in [1.165, 1.54) is 24.3 Å². The summed E-state index contributed by atoms with van der Waals surface area (Å²) in [6.45, 7) is 2.21. The lowest BCUT2D eigenvalue weighted by atomic mass is 10.1. The van der Waals surface area contributed by atoms with Crippen LogP contribution in [0.5, 0.6) is 0 Å². The van der Waals surface area contributed by atoms with Crippen LogP contribution in [0.2, 0.25) is 5.02 Å². The van der Waals surface area contributed by atoms with Crippen molar-refractivity contribution in [2.75, 3.05) is 0 Å². The van der Waals surface area contributed by atoms with Crippen molar-refractivity contribution >= 4 is 17.3 Å². The summed E-state index contributed by atoms with van der Waals surface area (Å²) in [5.74, 6) is -0.295. The predicted octanol–water partition coefficient (Wildman–Crippen LogP) is 4.24. The number of rotatable bonds is 5. The second kappa shape index (κ2) is 6.65. The van der Waals surface area contributed by atoms with Crippen molar-refractivity contribution in [3.8, 4) is 0 Å². The van der Waals surface area contributed by atoms with Crippen LogP contribution in [0.15, 0.2) is 42.5 Å². The van der Waals surface area contributed by atoms with Crippen LogP contribution >= 0.6 is 11.6 Å². The average Bonchev–Trinajstić information content (AvgIpc) is 2.45. The molecule has 2 rings (SSSR count). The molecule has 0 aliphatic carbocycles. The third-order valence-electron chi connectivity index (χ3n) is 3.21. The van der Waals surface area contributed by atoms with Gasteiger partial charge in [-0.3, -0.25) is 10.1 Å². The van der Waals surface area contributed by atoms with Crippen LogP contribution in [-0.2, 0) is 6.54 Å². The number of benzene rings is 2. The highest BCUT2D eigenvalue weighted by atomic mass is 35.5. The summed E-state index contributed by atoms with van der Waals surface area (Å²) < 4.78 is 12.9. The molecular weight excluding hydrogens is 295 g/mol. The molecule has 2 aromatic carbocycles. The fourth-order valence-corrected chi connectivity index (χ4v) is 2.20. The van der Waals surface area contributed by atoms with E-state index < -0.39 is 4.92 Å². The molecule has 21 heavy (non-hydrogen) atoms. The van der Waals surface area contributed by atoms with E-state index in [4.69, 9.17) is 11.6 Å². The van der Waals surface area contributed by atoms with Crippen LogP contribution in [0.25, 0.3) is 0 Å². The molecule has 110 valence electrons. The zero-order chi connectivity index (χ0) is 15.4. The van der Waals surface area contributed by atoms with E-state index in [9.17, 15) is 14.5 Å². The van der Waals surface area contributed by atoms with Gasteiger partial charge in [-0.25, -0.2) is 4.39 Å². The molecule has 0 aliphatic rings. The van der Waals surface area contributed by atoms with Crippen molar-refractivity contribution < 1.29 is 9.31 Å². The van der Waals surface area contributed by atoms with Gasteiger partial charge < -0.3 is 5.32 Å². The number of nitrogens with one attached hydrogen (secondary N) is 1. The van der Waals surface area contributed by atoms with Gasteiger partial charge >= 0.3 is 0 Å². The first-order chi connectivity index (χ1) is 9.97. The first-order valence-electron chi connectivity index (χ1n) is 6.39. The lowest BCUT2D eigenvalue weighted by Crippen LogP contribution is -2.18. The molecule has 1 unspecified atom stereocenters. The van der Waals surface area contributed by atoms with Gasteiger partial charge in [0.25, 0.3) is 5.69 Å². The summed E-state index contributed by atoms with van der Waals surface area (Å²) >= 11 is 5.88. The van der Waals surface area contributed by atoms with Crippen LogP contribution in [0.1, 0.15) is 24.1 Å². The average molecular weight is 309 g/mol. The van der Waals surface area contributed by atoms with Gasteiger partial charge in [0.15, 0.2) is 0 Å². The van der Waals surface area contributed by atoms with E-state index in [2.05, 4.69) is 5.32 Å². The molecule has 2 aromatic rings. The Labute approximate surface area is 126 Å². The van der Waals surface area contributed by atoms with Gasteiger partial charge in [-0.1, -0.05) is 23.7 Å². The van der Waals surface area contributed by atoms with Gasteiger partial charge in [0.2, 0.25) is 0 Å². The fourth-order valence-electron chi connectivity index (χ4n) is 2.01. The summed E-state index contributed by atoms with van der Waals surface area (Å²) in [6, 6.07) is 10.5. The number of nitrogens with zero attached hydrogens (tertiary/aromatic N) is 1. The first kappa shape index (κ1) is 15.4. The maximum absolute atomic E-state index is 12.9. The molecule has 0 saturated carbocycles. The molecule has 0 aromatic heterocycles. The van der Waals surface area contributed by atoms with Crippen LogP contribution < -0.4 is 5.32 Å². The third-order valence-corrected chi connectivity index (χ3v) is 3.44. The van der Waals surface area contributed by atoms with Crippen LogP contribution in [-0.4, -0.2) is 4.92 Å². The highest BCUT2D eigenvalue weighted by molar-refractivity contribution is 6.30. The standard InChI is InChI=1S/C15H14ClFN2O2/c1-10(11-2-5-14(17)6-3-11)18-9-12-8-13(16)4-7-15(12)19(20)21/h2-8,10,18H,9H2,1H3. The quantitative estimate of drug-likeness (QED) is 0.664. The number of hydrogen-bond donors (Lipinski definition) is 1. The Bertz CT molecular complexity index is 647. The Hall–Kier alpha value is -1.98. The molecule has 0 saturated heterocycles. The molecule has 6 heteroatoms. The second-order valence-electron chi connectivity index (χ2n) is 4.68. The summed E-state index contributed by atoms with van der Waals surface area (Å²) in [4.78, 5) is 10.5. The Morgan fingerprint density at radius 3 is 2.57 bits per heavy atom. The number of nitro groups is 1. The largest absolute Gasteiger partial charge is 0.306 e. The lowest BCUT2D eigenvalue weighted by molar-refractivity contribution is -0.385. The smallest absolute Gasteiger partial charge is 0.273 e. The summed E-state index contributed by atoms with van der Waals surface area (Å²) in [7, 11) is 0. The first-order valence-corrected chi connectivity index (χ1v) is 6.77. The number of hydrogen-bond acceptors (Lipinski definition) is 3. The van der Waals surface area contributed by atoms with E-state index in [0.29, 0.717) is 17.1 Å². The Morgan fingerprint density at radius 2 is 1.95 bits per heavy atom. The lowest BCUT2D eigenvalue weighted by Gasteiger charge is -2.14. The molecule has 1 N–H and O–H groups in total. The van der Waals surface area contributed by atoms with Gasteiger partial charge in [0.1, 0.15) is 5.82 Å². The van der Waals surface area contributed by atoms with Crippen molar-refractivity contribution in [3.05, 3.63) is 74.5 Å². The van der Waals surface area contributed by atoms with Crippen molar-refractivity contribution in [1.29, 1.82) is 0 Å². The monoisotopic (exact) mass is 308 g/mol. The summed E-state index contributed by atoms with van der Waals surface area (Å²) in [5, 5.41) is 14.6. The molecule has 0 spiro atoms. The van der Waals surface area contributed by atoms with Crippen molar-refractivity contribution in [2.45, 2.75) is 19.5 Å². The van der Waals surface area contributed by atoms with Gasteiger partial charge in [-0.2, -0.15) is 0 Å². The summed E-state index contributed by atoms with van der Waals surface area (Å²) in [5.41, 5.74) is 1.45. The van der Waals surface area contributed by atoms with Crippen molar-refractivity contribution in [2.24, 2.45) is 0 Å².